The summed E-state index contributed by atoms with van der Waals surface area (Å²) in [5.41, 5.74) is 1.79. The number of rotatable bonds is 4. The number of hydrogen-bond donors (Lipinski definition) is 0. The number of nitriles is 1. The molecule has 0 spiro atoms. The van der Waals surface area contributed by atoms with Crippen LogP contribution in [0.1, 0.15) is 18.1 Å². The molecule has 0 saturated carbocycles. The van der Waals surface area contributed by atoms with Crippen LogP contribution in [0.4, 0.5) is 0 Å². The summed E-state index contributed by atoms with van der Waals surface area (Å²) in [6.45, 7) is 4.10. The molecule has 0 aliphatic carbocycles. The lowest BCUT2D eigenvalue weighted by molar-refractivity contribution is 0.479. The number of ether oxygens (including phenoxy) is 1. The molecule has 0 fully saturated rings. The number of thioether (sulfide) groups is 1. The Balaban J connectivity index is 2.32. The third-order valence-corrected chi connectivity index (χ3v) is 3.59. The van der Waals surface area contributed by atoms with Gasteiger partial charge in [-0.2, -0.15) is 5.26 Å². The maximum Gasteiger partial charge on any atom is 0.146 e. The van der Waals surface area contributed by atoms with Gasteiger partial charge in [0, 0.05) is 4.90 Å². The van der Waals surface area contributed by atoms with E-state index in [1.165, 1.54) is 5.56 Å². The van der Waals surface area contributed by atoms with Gasteiger partial charge in [0.05, 0.1) is 0 Å². The zero-order valence-corrected chi connectivity index (χ0v) is 11.8. The monoisotopic (exact) mass is 269 g/mol. The molecule has 3 heteroatoms. The molecule has 0 unspecified atom stereocenters. The van der Waals surface area contributed by atoms with Gasteiger partial charge < -0.3 is 4.74 Å². The van der Waals surface area contributed by atoms with Crippen LogP contribution in [0.15, 0.2) is 47.4 Å². The molecule has 0 atom stereocenters. The van der Waals surface area contributed by atoms with Crippen molar-refractivity contribution in [3.05, 3.63) is 53.6 Å². The predicted octanol–water partition coefficient (Wildman–Crippen LogP) is 4.77. The largest absolute Gasteiger partial charge is 0.456 e. The van der Waals surface area contributed by atoms with Crippen molar-refractivity contribution in [2.24, 2.45) is 0 Å². The van der Waals surface area contributed by atoms with Crippen LogP contribution in [-0.2, 0) is 0 Å². The second kappa shape index (κ2) is 6.31. The van der Waals surface area contributed by atoms with E-state index in [2.05, 4.69) is 13.0 Å². The van der Waals surface area contributed by atoms with E-state index in [1.54, 1.807) is 11.8 Å². The molecule has 0 N–H and O–H groups in total. The summed E-state index contributed by atoms with van der Waals surface area (Å²) in [4.78, 5) is 0.967. The lowest BCUT2D eigenvalue weighted by atomic mass is 10.2. The summed E-state index contributed by atoms with van der Waals surface area (Å²) >= 11 is 1.65. The van der Waals surface area contributed by atoms with Crippen molar-refractivity contribution in [1.82, 2.24) is 0 Å². The topological polar surface area (TPSA) is 33.0 Å². The van der Waals surface area contributed by atoms with Crippen LogP contribution < -0.4 is 4.74 Å². The molecule has 0 aliphatic heterocycles. The molecule has 0 saturated heterocycles. The maximum absolute atomic E-state index is 9.30. The van der Waals surface area contributed by atoms with E-state index >= 15 is 0 Å². The first-order chi connectivity index (χ1) is 9.24. The molecule has 0 aromatic heterocycles. The lowest BCUT2D eigenvalue weighted by Gasteiger charge is -2.10. The summed E-state index contributed by atoms with van der Waals surface area (Å²) < 4.78 is 5.81. The fourth-order valence-electron chi connectivity index (χ4n) is 1.72. The smallest absolute Gasteiger partial charge is 0.146 e. The number of hydrogen-bond acceptors (Lipinski definition) is 3. The van der Waals surface area contributed by atoms with Crippen molar-refractivity contribution in [2.45, 2.75) is 18.7 Å². The van der Waals surface area contributed by atoms with Gasteiger partial charge in [0.1, 0.15) is 23.1 Å². The number of benzene rings is 2. The summed E-state index contributed by atoms with van der Waals surface area (Å²) in [5, 5.41) is 9.30. The molecule has 0 radical (unpaired) electrons. The first-order valence-corrected chi connectivity index (χ1v) is 7.13. The quantitative estimate of drug-likeness (QED) is 0.749. The Kier molecular flexibility index (Phi) is 4.48. The predicted molar refractivity (Wildman–Crippen MR) is 78.8 cm³/mol. The highest BCUT2D eigenvalue weighted by Gasteiger charge is 2.09. The van der Waals surface area contributed by atoms with Crippen LogP contribution in [0.25, 0.3) is 0 Å². The van der Waals surface area contributed by atoms with Gasteiger partial charge in [-0.1, -0.05) is 30.7 Å². The minimum absolute atomic E-state index is 0.606. The molecule has 0 heterocycles. The van der Waals surface area contributed by atoms with Crippen LogP contribution in [0, 0.1) is 18.3 Å². The van der Waals surface area contributed by atoms with Crippen molar-refractivity contribution in [3.8, 4) is 17.6 Å². The lowest BCUT2D eigenvalue weighted by Crippen LogP contribution is -1.90. The first-order valence-electron chi connectivity index (χ1n) is 6.15. The van der Waals surface area contributed by atoms with Crippen LogP contribution in [0.2, 0.25) is 0 Å². The van der Waals surface area contributed by atoms with Gasteiger partial charge >= 0.3 is 0 Å². The van der Waals surface area contributed by atoms with Gasteiger partial charge in [0.25, 0.3) is 0 Å². The van der Waals surface area contributed by atoms with Gasteiger partial charge in [-0.15, -0.1) is 11.8 Å². The molecule has 19 heavy (non-hydrogen) atoms. The Bertz CT molecular complexity index is 599. The van der Waals surface area contributed by atoms with Crippen molar-refractivity contribution < 1.29 is 4.74 Å². The number of nitrogens with zero attached hydrogens (tertiary/aromatic N) is 1. The number of aryl methyl sites for hydroxylation is 1. The summed E-state index contributed by atoms with van der Waals surface area (Å²) in [5.74, 6) is 2.30. The van der Waals surface area contributed by atoms with Crippen LogP contribution in [0.5, 0.6) is 11.5 Å². The molecule has 0 amide bonds. The Morgan fingerprint density at radius 1 is 1.16 bits per heavy atom. The molecule has 0 bridgehead atoms. The fourth-order valence-corrected chi connectivity index (χ4v) is 2.49. The molecular weight excluding hydrogens is 254 g/mol. The fraction of sp³-hybridized carbons (Fsp3) is 0.188. The summed E-state index contributed by atoms with van der Waals surface area (Å²) in [6, 6.07) is 15.7. The average molecular weight is 269 g/mol. The minimum atomic E-state index is 0.606. The Morgan fingerprint density at radius 2 is 1.89 bits per heavy atom. The normalized spacial score (nSPS) is 9.95. The summed E-state index contributed by atoms with van der Waals surface area (Å²) in [7, 11) is 0. The highest BCUT2D eigenvalue weighted by molar-refractivity contribution is 7.99. The van der Waals surface area contributed by atoms with Gasteiger partial charge in [0.15, 0.2) is 0 Å². The molecule has 2 nitrogen and oxygen atoms in total. The van der Waals surface area contributed by atoms with E-state index in [0.717, 1.165) is 16.4 Å². The van der Waals surface area contributed by atoms with Crippen LogP contribution in [0.3, 0.4) is 0 Å². The summed E-state index contributed by atoms with van der Waals surface area (Å²) in [6.07, 6.45) is 0. The van der Waals surface area contributed by atoms with E-state index in [9.17, 15) is 5.26 Å². The second-order valence-electron chi connectivity index (χ2n) is 4.09. The second-order valence-corrected chi connectivity index (χ2v) is 5.40. The van der Waals surface area contributed by atoms with E-state index in [0.29, 0.717) is 11.3 Å². The van der Waals surface area contributed by atoms with Gasteiger partial charge in [-0.3, -0.25) is 0 Å². The standard InChI is InChI=1S/C16H15NOS/c1-3-19-16-6-4-5-15(14(16)11-17)18-13-9-7-12(2)8-10-13/h4-10H,3H2,1-2H3. The van der Waals surface area contributed by atoms with Crippen molar-refractivity contribution in [2.75, 3.05) is 5.75 Å². The van der Waals surface area contributed by atoms with Crippen LogP contribution >= 0.6 is 11.8 Å². The van der Waals surface area contributed by atoms with E-state index in [1.807, 2.05) is 49.4 Å². The maximum atomic E-state index is 9.30. The van der Waals surface area contributed by atoms with E-state index < -0.39 is 0 Å². The highest BCUT2D eigenvalue weighted by Crippen LogP contribution is 2.32. The minimum Gasteiger partial charge on any atom is -0.456 e. The van der Waals surface area contributed by atoms with Crippen molar-refractivity contribution in [1.29, 1.82) is 5.26 Å². The van der Waals surface area contributed by atoms with Gasteiger partial charge in [-0.25, -0.2) is 0 Å². The molecule has 2 rings (SSSR count). The average Bonchev–Trinajstić information content (AvgIpc) is 2.42. The Hall–Kier alpha value is -1.92. The molecule has 2 aromatic carbocycles. The SMILES string of the molecule is CCSc1cccc(Oc2ccc(C)cc2)c1C#N. The van der Waals surface area contributed by atoms with Crippen molar-refractivity contribution in [3.63, 3.8) is 0 Å². The third kappa shape index (κ3) is 3.30. The van der Waals surface area contributed by atoms with E-state index in [-0.39, 0.29) is 0 Å². The third-order valence-electron chi connectivity index (χ3n) is 2.65. The Labute approximate surface area is 118 Å². The van der Waals surface area contributed by atoms with Crippen molar-refractivity contribution >= 4 is 11.8 Å². The molecular formula is C16H15NOS. The zero-order chi connectivity index (χ0) is 13.7. The van der Waals surface area contributed by atoms with Crippen LogP contribution in [-0.4, -0.2) is 5.75 Å². The molecule has 0 aliphatic rings. The zero-order valence-electron chi connectivity index (χ0n) is 11.0. The molecule has 2 aromatic rings. The van der Waals surface area contributed by atoms with Gasteiger partial charge in [0.2, 0.25) is 0 Å². The Morgan fingerprint density at radius 3 is 2.53 bits per heavy atom. The molecule has 96 valence electrons. The van der Waals surface area contributed by atoms with E-state index in [4.69, 9.17) is 4.74 Å². The van der Waals surface area contributed by atoms with Gasteiger partial charge in [-0.05, 0) is 36.9 Å². The highest BCUT2D eigenvalue weighted by atomic mass is 32.2. The first kappa shape index (κ1) is 13.5.